The number of urea groups is 1. The largest absolute Gasteiger partial charge is 0.354 e. The van der Waals surface area contributed by atoms with Gasteiger partial charge in [0, 0.05) is 30.8 Å². The van der Waals surface area contributed by atoms with E-state index in [1.807, 2.05) is 0 Å². The van der Waals surface area contributed by atoms with E-state index in [9.17, 15) is 26.4 Å². The number of fused-ring (bicyclic) bond motifs is 2. The number of pyridine rings is 1. The van der Waals surface area contributed by atoms with E-state index in [1.54, 1.807) is 0 Å². The van der Waals surface area contributed by atoms with Crippen molar-refractivity contribution in [2.75, 3.05) is 18.0 Å². The average Bonchev–Trinajstić information content (AvgIpc) is 3.56. The van der Waals surface area contributed by atoms with E-state index in [4.69, 9.17) is 4.52 Å². The second kappa shape index (κ2) is 8.08. The molecule has 1 N–H and O–H groups in total. The van der Waals surface area contributed by atoms with Crippen molar-refractivity contribution in [1.29, 1.82) is 0 Å². The minimum Gasteiger partial charge on any atom is -0.354 e. The van der Waals surface area contributed by atoms with Gasteiger partial charge in [0.2, 0.25) is 10.0 Å². The lowest BCUT2D eigenvalue weighted by atomic mass is 10.0. The van der Waals surface area contributed by atoms with Crippen LogP contribution in [0.1, 0.15) is 19.3 Å². The van der Waals surface area contributed by atoms with Gasteiger partial charge >= 0.3 is 6.03 Å². The average molecular weight is 543 g/mol. The topological polar surface area (TPSA) is 109 Å². The van der Waals surface area contributed by atoms with E-state index < -0.39 is 69.0 Å². The van der Waals surface area contributed by atoms with Gasteiger partial charge < -0.3 is 9.42 Å². The van der Waals surface area contributed by atoms with Gasteiger partial charge in [-0.2, -0.15) is 0 Å². The third-order valence-electron chi connectivity index (χ3n) is 6.88. The molecule has 2 amide bonds. The van der Waals surface area contributed by atoms with Crippen LogP contribution in [-0.4, -0.2) is 65.8 Å². The first-order valence-corrected chi connectivity index (χ1v) is 12.9. The van der Waals surface area contributed by atoms with Crippen molar-refractivity contribution in [3.63, 3.8) is 0 Å². The molecule has 2 atom stereocenters. The Morgan fingerprint density at radius 1 is 1.08 bits per heavy atom. The number of amides is 2. The van der Waals surface area contributed by atoms with Crippen LogP contribution in [0.4, 0.5) is 32.6 Å². The van der Waals surface area contributed by atoms with E-state index in [-0.39, 0.29) is 35.3 Å². The van der Waals surface area contributed by atoms with Gasteiger partial charge in [-0.25, -0.2) is 39.9 Å². The number of benzene rings is 1. The lowest BCUT2D eigenvalue weighted by Gasteiger charge is -2.37. The molecule has 0 spiro atoms. The Morgan fingerprint density at radius 2 is 1.84 bits per heavy atom. The van der Waals surface area contributed by atoms with Gasteiger partial charge in [0.15, 0.2) is 17.2 Å². The van der Waals surface area contributed by atoms with Crippen LogP contribution in [0.3, 0.4) is 0 Å². The monoisotopic (exact) mass is 543 g/mol. The van der Waals surface area contributed by atoms with Crippen molar-refractivity contribution >= 4 is 32.8 Å². The minimum atomic E-state index is -3.95. The molecule has 1 aromatic carbocycles. The van der Waals surface area contributed by atoms with Crippen molar-refractivity contribution in [1.82, 2.24) is 19.8 Å². The SMILES string of the molecule is O=C1N(c2noc3cc(F)cc(-c4ncc(F)cc4F)c23)CC[C@H]2N1C[C@@H](NS(=O)(=O)C1CC1)C2(F)F. The van der Waals surface area contributed by atoms with Gasteiger partial charge in [0.05, 0.1) is 16.8 Å². The number of anilines is 1. The summed E-state index contributed by atoms with van der Waals surface area (Å²) < 4.78 is 104. The van der Waals surface area contributed by atoms with Crippen molar-refractivity contribution in [3.8, 4) is 11.3 Å². The lowest BCUT2D eigenvalue weighted by molar-refractivity contribution is -0.0448. The summed E-state index contributed by atoms with van der Waals surface area (Å²) in [6.07, 6.45) is 1.26. The van der Waals surface area contributed by atoms with E-state index in [0.717, 1.165) is 28.1 Å². The van der Waals surface area contributed by atoms with Crippen LogP contribution < -0.4 is 9.62 Å². The van der Waals surface area contributed by atoms with Crippen LogP contribution in [0, 0.1) is 17.5 Å². The Labute approximate surface area is 206 Å². The first-order chi connectivity index (χ1) is 17.5. The Balaban J connectivity index is 1.37. The van der Waals surface area contributed by atoms with Gasteiger partial charge in [0.1, 0.15) is 29.4 Å². The number of rotatable bonds is 5. The van der Waals surface area contributed by atoms with E-state index in [2.05, 4.69) is 14.9 Å². The number of alkyl halides is 2. The third-order valence-corrected chi connectivity index (χ3v) is 8.84. The van der Waals surface area contributed by atoms with Gasteiger partial charge in [-0.1, -0.05) is 5.16 Å². The molecule has 6 rings (SSSR count). The molecule has 0 unspecified atom stereocenters. The predicted octanol–water partition coefficient (Wildman–Crippen LogP) is 3.41. The molecular weight excluding hydrogens is 525 g/mol. The molecule has 2 saturated heterocycles. The number of hydrogen-bond donors (Lipinski definition) is 1. The summed E-state index contributed by atoms with van der Waals surface area (Å²) >= 11 is 0. The summed E-state index contributed by atoms with van der Waals surface area (Å²) in [5.41, 5.74) is -0.785. The van der Waals surface area contributed by atoms with Gasteiger partial charge in [-0.05, 0) is 25.3 Å². The zero-order chi connectivity index (χ0) is 26.3. The fraction of sp³-hybridized carbons (Fsp3) is 0.409. The summed E-state index contributed by atoms with van der Waals surface area (Å²) in [6, 6.07) is -1.85. The molecule has 2 aromatic heterocycles. The molecule has 2 aliphatic heterocycles. The first-order valence-electron chi connectivity index (χ1n) is 11.3. The molecule has 196 valence electrons. The molecule has 3 aliphatic rings. The molecule has 1 saturated carbocycles. The van der Waals surface area contributed by atoms with E-state index >= 15 is 8.78 Å². The third kappa shape index (κ3) is 3.82. The van der Waals surface area contributed by atoms with Crippen LogP contribution in [0.5, 0.6) is 0 Å². The highest BCUT2D eigenvalue weighted by Crippen LogP contribution is 2.43. The number of carbonyl (C=O) groups is 1. The van der Waals surface area contributed by atoms with Crippen LogP contribution in [0.25, 0.3) is 22.2 Å². The Kier molecular flexibility index (Phi) is 5.25. The molecule has 0 bridgehead atoms. The number of halogens is 5. The molecule has 37 heavy (non-hydrogen) atoms. The molecule has 0 radical (unpaired) electrons. The zero-order valence-electron chi connectivity index (χ0n) is 18.8. The summed E-state index contributed by atoms with van der Waals surface area (Å²) in [7, 11) is -3.95. The van der Waals surface area contributed by atoms with Crippen molar-refractivity contribution in [2.45, 2.75) is 42.5 Å². The molecule has 1 aliphatic carbocycles. The van der Waals surface area contributed by atoms with Crippen LogP contribution in [0.15, 0.2) is 28.9 Å². The molecule has 3 aromatic rings. The summed E-state index contributed by atoms with van der Waals surface area (Å²) in [4.78, 5) is 19.0. The van der Waals surface area contributed by atoms with Gasteiger partial charge in [-0.15, -0.1) is 0 Å². The fourth-order valence-electron chi connectivity index (χ4n) is 4.94. The van der Waals surface area contributed by atoms with Gasteiger partial charge in [-0.3, -0.25) is 9.88 Å². The lowest BCUT2D eigenvalue weighted by Crippen LogP contribution is -2.56. The second-order valence-corrected chi connectivity index (χ2v) is 11.3. The molecule has 15 heteroatoms. The minimum absolute atomic E-state index is 0.0249. The normalized spacial score (nSPS) is 23.6. The van der Waals surface area contributed by atoms with E-state index in [1.165, 1.54) is 0 Å². The standard InChI is InChI=1S/C22H18F5N5O4S/c23-10-5-13(19-14(25)6-11(24)8-28-19)18-15(7-10)36-29-20(18)31-4-3-17-22(26,27)16(9-32(17)21(31)33)30-37(34,35)12-1-2-12/h5-8,12,16-17,30H,1-4,9H2/t16-,17-/m1/s1. The zero-order valence-corrected chi connectivity index (χ0v) is 19.6. The molecular formula is C22H18F5N5O4S. The highest BCUT2D eigenvalue weighted by molar-refractivity contribution is 7.90. The fourth-order valence-corrected chi connectivity index (χ4v) is 6.52. The predicted molar refractivity (Wildman–Crippen MR) is 119 cm³/mol. The maximum Gasteiger partial charge on any atom is 0.326 e. The summed E-state index contributed by atoms with van der Waals surface area (Å²) in [6.45, 7) is -0.834. The van der Waals surface area contributed by atoms with E-state index in [0.29, 0.717) is 18.9 Å². The van der Waals surface area contributed by atoms with Crippen LogP contribution in [-0.2, 0) is 10.0 Å². The molecule has 9 nitrogen and oxygen atoms in total. The molecule has 4 heterocycles. The highest BCUT2D eigenvalue weighted by atomic mass is 32.2. The van der Waals surface area contributed by atoms with Crippen LogP contribution in [0.2, 0.25) is 0 Å². The Morgan fingerprint density at radius 3 is 2.54 bits per heavy atom. The Bertz CT molecular complexity index is 1540. The highest BCUT2D eigenvalue weighted by Gasteiger charge is 2.61. The maximum absolute atomic E-state index is 15.2. The number of nitrogens with zero attached hydrogens (tertiary/aromatic N) is 4. The summed E-state index contributed by atoms with van der Waals surface area (Å²) in [5, 5.41) is 3.08. The van der Waals surface area contributed by atoms with Crippen molar-refractivity contribution < 1.29 is 39.7 Å². The number of hydrogen-bond acceptors (Lipinski definition) is 6. The van der Waals surface area contributed by atoms with Crippen molar-refractivity contribution in [3.05, 3.63) is 41.8 Å². The van der Waals surface area contributed by atoms with Crippen molar-refractivity contribution in [2.24, 2.45) is 0 Å². The number of aromatic nitrogens is 2. The number of nitrogens with one attached hydrogen (secondary N) is 1. The van der Waals surface area contributed by atoms with Crippen LogP contribution >= 0.6 is 0 Å². The maximum atomic E-state index is 15.2. The summed E-state index contributed by atoms with van der Waals surface area (Å²) in [5.74, 6) is -6.62. The van der Waals surface area contributed by atoms with Gasteiger partial charge in [0.25, 0.3) is 5.92 Å². The first kappa shape index (κ1) is 24.0. The quantitative estimate of drug-likeness (QED) is 0.495. The molecule has 3 fully saturated rings. The second-order valence-electron chi connectivity index (χ2n) is 9.30. The smallest absolute Gasteiger partial charge is 0.326 e. The Hall–Kier alpha value is -3.33. The number of sulfonamides is 1. The number of carbonyl (C=O) groups excluding carboxylic acids is 1.